The Morgan fingerprint density at radius 3 is 2.53 bits per heavy atom. The van der Waals surface area contributed by atoms with Crippen molar-refractivity contribution in [1.29, 1.82) is 0 Å². The molecule has 19 heavy (non-hydrogen) atoms. The molecule has 4 nitrogen and oxygen atoms in total. The zero-order valence-electron chi connectivity index (χ0n) is 12.2. The molecule has 2 rings (SSSR count). The zero-order valence-corrected chi connectivity index (χ0v) is 12.2. The summed E-state index contributed by atoms with van der Waals surface area (Å²) in [4.78, 5) is 12.0. The summed E-state index contributed by atoms with van der Waals surface area (Å²) in [5.41, 5.74) is -0.707. The molecule has 1 unspecified atom stereocenters. The van der Waals surface area contributed by atoms with E-state index in [1.807, 2.05) is 0 Å². The maximum Gasteiger partial charge on any atom is 0.324 e. The SMILES string of the molecule is CC(C)C[C@@](NC1CCNC1)(C(=O)O)C1CCCC1. The van der Waals surface area contributed by atoms with Crippen molar-refractivity contribution in [3.05, 3.63) is 0 Å². The second kappa shape index (κ2) is 6.23. The molecule has 3 N–H and O–H groups in total. The average Bonchev–Trinajstić information content (AvgIpc) is 2.99. The summed E-state index contributed by atoms with van der Waals surface area (Å²) in [6, 6.07) is 0.315. The van der Waals surface area contributed by atoms with Gasteiger partial charge in [-0.2, -0.15) is 0 Å². The quantitative estimate of drug-likeness (QED) is 0.689. The molecule has 0 spiro atoms. The maximum atomic E-state index is 12.0. The number of aliphatic carboxylic acids is 1. The van der Waals surface area contributed by atoms with Crippen LogP contribution in [0.25, 0.3) is 0 Å². The van der Waals surface area contributed by atoms with Gasteiger partial charge in [0.2, 0.25) is 0 Å². The Bertz CT molecular complexity index is 307. The maximum absolute atomic E-state index is 12.0. The Kier molecular flexibility index (Phi) is 4.85. The van der Waals surface area contributed by atoms with E-state index >= 15 is 0 Å². The Labute approximate surface area is 116 Å². The summed E-state index contributed by atoms with van der Waals surface area (Å²) < 4.78 is 0. The smallest absolute Gasteiger partial charge is 0.324 e. The van der Waals surface area contributed by atoms with E-state index in [9.17, 15) is 9.90 Å². The number of carboxylic acids is 1. The first-order chi connectivity index (χ1) is 9.04. The summed E-state index contributed by atoms with van der Waals surface area (Å²) in [7, 11) is 0. The van der Waals surface area contributed by atoms with E-state index in [0.29, 0.717) is 17.9 Å². The minimum atomic E-state index is -0.707. The normalized spacial score (nSPS) is 27.8. The molecule has 4 heteroatoms. The van der Waals surface area contributed by atoms with Crippen molar-refractivity contribution in [2.45, 2.75) is 64.0 Å². The molecule has 1 saturated heterocycles. The number of nitrogens with one attached hydrogen (secondary N) is 2. The highest BCUT2D eigenvalue weighted by atomic mass is 16.4. The molecule has 0 amide bonds. The van der Waals surface area contributed by atoms with Crippen molar-refractivity contribution >= 4 is 5.97 Å². The minimum Gasteiger partial charge on any atom is -0.480 e. The Morgan fingerprint density at radius 2 is 2.05 bits per heavy atom. The molecule has 0 bridgehead atoms. The predicted octanol–water partition coefficient (Wildman–Crippen LogP) is 2.00. The molecule has 2 fully saturated rings. The van der Waals surface area contributed by atoms with E-state index in [4.69, 9.17) is 0 Å². The summed E-state index contributed by atoms with van der Waals surface area (Å²) >= 11 is 0. The highest BCUT2D eigenvalue weighted by Crippen LogP contribution is 2.38. The van der Waals surface area contributed by atoms with E-state index in [2.05, 4.69) is 24.5 Å². The van der Waals surface area contributed by atoms with Crippen molar-refractivity contribution in [1.82, 2.24) is 10.6 Å². The van der Waals surface area contributed by atoms with Crippen LogP contribution in [-0.2, 0) is 4.79 Å². The lowest BCUT2D eigenvalue weighted by atomic mass is 9.76. The van der Waals surface area contributed by atoms with Crippen molar-refractivity contribution in [3.8, 4) is 0 Å². The van der Waals surface area contributed by atoms with Crippen molar-refractivity contribution in [2.75, 3.05) is 13.1 Å². The molecule has 0 aromatic heterocycles. The fourth-order valence-corrected chi connectivity index (χ4v) is 3.87. The standard InChI is InChI=1S/C15H28N2O2/c1-11(2)9-15(14(18)19,12-5-3-4-6-12)17-13-7-8-16-10-13/h11-13,16-17H,3-10H2,1-2H3,(H,18,19)/t13?,15-/m0/s1. The largest absolute Gasteiger partial charge is 0.480 e. The van der Waals surface area contributed by atoms with Gasteiger partial charge < -0.3 is 10.4 Å². The monoisotopic (exact) mass is 268 g/mol. The summed E-state index contributed by atoms with van der Waals surface area (Å²) in [5, 5.41) is 16.8. The Hall–Kier alpha value is -0.610. The molecule has 1 aliphatic carbocycles. The molecule has 1 saturated carbocycles. The average molecular weight is 268 g/mol. The van der Waals surface area contributed by atoms with Gasteiger partial charge in [-0.25, -0.2) is 0 Å². The van der Waals surface area contributed by atoms with Crippen molar-refractivity contribution in [3.63, 3.8) is 0 Å². The van der Waals surface area contributed by atoms with E-state index in [1.165, 1.54) is 12.8 Å². The molecule has 0 aromatic carbocycles. The molecule has 0 radical (unpaired) electrons. The van der Waals surface area contributed by atoms with Gasteiger partial charge in [0.1, 0.15) is 5.54 Å². The molecular weight excluding hydrogens is 240 g/mol. The van der Waals surface area contributed by atoms with E-state index in [1.54, 1.807) is 0 Å². The van der Waals surface area contributed by atoms with E-state index < -0.39 is 11.5 Å². The number of hydrogen-bond acceptors (Lipinski definition) is 3. The number of hydrogen-bond donors (Lipinski definition) is 3. The Balaban J connectivity index is 2.18. The molecule has 0 aromatic rings. The van der Waals surface area contributed by atoms with Crippen LogP contribution in [0.5, 0.6) is 0 Å². The van der Waals surface area contributed by atoms with Crippen molar-refractivity contribution < 1.29 is 9.90 Å². The van der Waals surface area contributed by atoms with Crippen LogP contribution in [0.15, 0.2) is 0 Å². The number of carboxylic acid groups (broad SMARTS) is 1. The van der Waals surface area contributed by atoms with Crippen molar-refractivity contribution in [2.24, 2.45) is 11.8 Å². The third-order valence-corrected chi connectivity index (χ3v) is 4.69. The molecule has 1 heterocycles. The third kappa shape index (κ3) is 3.29. The molecule has 2 aliphatic rings. The second-order valence-electron chi connectivity index (χ2n) is 6.69. The molecule has 110 valence electrons. The van der Waals surface area contributed by atoms with Crippen LogP contribution in [0.1, 0.15) is 52.4 Å². The van der Waals surface area contributed by atoms with Crippen LogP contribution in [0, 0.1) is 11.8 Å². The minimum absolute atomic E-state index is 0.299. The van der Waals surface area contributed by atoms with Gasteiger partial charge in [0.25, 0.3) is 0 Å². The van der Waals surface area contributed by atoms with Crippen LogP contribution in [-0.4, -0.2) is 35.7 Å². The van der Waals surface area contributed by atoms with Crippen LogP contribution < -0.4 is 10.6 Å². The van der Waals surface area contributed by atoms with Gasteiger partial charge in [0, 0.05) is 12.6 Å². The van der Waals surface area contributed by atoms with Crippen LogP contribution in [0.3, 0.4) is 0 Å². The lowest BCUT2D eigenvalue weighted by Crippen LogP contribution is -2.61. The lowest BCUT2D eigenvalue weighted by molar-refractivity contribution is -0.149. The number of rotatable bonds is 6. The van der Waals surface area contributed by atoms with Crippen LogP contribution in [0.2, 0.25) is 0 Å². The molecule has 2 atom stereocenters. The molecule has 1 aliphatic heterocycles. The summed E-state index contributed by atoms with van der Waals surface area (Å²) in [6.07, 6.45) is 6.27. The first-order valence-corrected chi connectivity index (χ1v) is 7.76. The van der Waals surface area contributed by atoms with E-state index in [0.717, 1.165) is 38.8 Å². The highest BCUT2D eigenvalue weighted by molar-refractivity contribution is 5.79. The van der Waals surface area contributed by atoms with E-state index in [-0.39, 0.29) is 0 Å². The van der Waals surface area contributed by atoms with Crippen LogP contribution in [0.4, 0.5) is 0 Å². The van der Waals surface area contributed by atoms with Gasteiger partial charge >= 0.3 is 5.97 Å². The Morgan fingerprint density at radius 1 is 1.37 bits per heavy atom. The van der Waals surface area contributed by atoms with Gasteiger partial charge in [0.05, 0.1) is 0 Å². The lowest BCUT2D eigenvalue weighted by Gasteiger charge is -2.39. The fraction of sp³-hybridized carbons (Fsp3) is 0.933. The van der Waals surface area contributed by atoms with Gasteiger partial charge in [-0.15, -0.1) is 0 Å². The summed E-state index contributed by atoms with van der Waals surface area (Å²) in [6.45, 7) is 6.15. The van der Waals surface area contributed by atoms with Crippen LogP contribution >= 0.6 is 0 Å². The number of carbonyl (C=O) groups is 1. The highest BCUT2D eigenvalue weighted by Gasteiger charge is 2.48. The predicted molar refractivity (Wildman–Crippen MR) is 76.2 cm³/mol. The van der Waals surface area contributed by atoms with Gasteiger partial charge in [0.15, 0.2) is 0 Å². The second-order valence-corrected chi connectivity index (χ2v) is 6.69. The molecular formula is C15H28N2O2. The third-order valence-electron chi connectivity index (χ3n) is 4.69. The first kappa shape index (κ1) is 14.8. The topological polar surface area (TPSA) is 61.4 Å². The zero-order chi connectivity index (χ0) is 13.9. The fourth-order valence-electron chi connectivity index (χ4n) is 3.87. The van der Waals surface area contributed by atoms with Gasteiger partial charge in [-0.05, 0) is 44.1 Å². The summed E-state index contributed by atoms with van der Waals surface area (Å²) in [5.74, 6) is 0.0616. The van der Waals surface area contributed by atoms with Gasteiger partial charge in [-0.1, -0.05) is 26.7 Å². The first-order valence-electron chi connectivity index (χ1n) is 7.76. The van der Waals surface area contributed by atoms with Gasteiger partial charge in [-0.3, -0.25) is 10.1 Å².